The van der Waals surface area contributed by atoms with Crippen LogP contribution in [-0.2, 0) is 11.3 Å². The van der Waals surface area contributed by atoms with Gasteiger partial charge in [-0.25, -0.2) is 4.98 Å². The summed E-state index contributed by atoms with van der Waals surface area (Å²) in [5.41, 5.74) is 7.05. The van der Waals surface area contributed by atoms with Crippen molar-refractivity contribution in [2.24, 2.45) is 0 Å². The molecule has 31 heavy (non-hydrogen) atoms. The SMILES string of the molecule is N#Cc1ccc(-c2cc3n(c2)Cc2cc(N4CCCC4=O)ccc2-n2ccnc2-3)cc1. The highest BCUT2D eigenvalue weighted by molar-refractivity contribution is 5.95. The molecule has 0 atom stereocenters. The van der Waals surface area contributed by atoms with Crippen LogP contribution in [0.1, 0.15) is 24.0 Å². The molecule has 0 aliphatic carbocycles. The lowest BCUT2D eigenvalue weighted by molar-refractivity contribution is -0.117. The molecule has 0 saturated carbocycles. The van der Waals surface area contributed by atoms with Crippen LogP contribution in [-0.4, -0.2) is 26.6 Å². The highest BCUT2D eigenvalue weighted by Crippen LogP contribution is 2.35. The fourth-order valence-electron chi connectivity index (χ4n) is 4.62. The maximum Gasteiger partial charge on any atom is 0.227 e. The second kappa shape index (κ2) is 6.71. The van der Waals surface area contributed by atoms with Gasteiger partial charge in [0.05, 0.1) is 23.0 Å². The van der Waals surface area contributed by atoms with E-state index in [1.807, 2.05) is 47.6 Å². The van der Waals surface area contributed by atoms with Crippen LogP contribution in [0, 0.1) is 11.3 Å². The van der Waals surface area contributed by atoms with Gasteiger partial charge < -0.3 is 9.47 Å². The number of fused-ring (bicyclic) bond motifs is 5. The number of hydrogen-bond donors (Lipinski definition) is 0. The van der Waals surface area contributed by atoms with E-state index in [4.69, 9.17) is 5.26 Å². The zero-order valence-electron chi connectivity index (χ0n) is 16.8. The normalized spacial score (nSPS) is 14.5. The quantitative estimate of drug-likeness (QED) is 0.438. The predicted octanol–water partition coefficient (Wildman–Crippen LogP) is 4.37. The molecule has 1 fully saturated rings. The third-order valence-corrected chi connectivity index (χ3v) is 6.16. The summed E-state index contributed by atoms with van der Waals surface area (Å²) in [4.78, 5) is 18.8. The minimum atomic E-state index is 0.196. The molecule has 0 spiro atoms. The fraction of sp³-hybridized carbons (Fsp3) is 0.160. The van der Waals surface area contributed by atoms with Crippen molar-refractivity contribution >= 4 is 11.6 Å². The van der Waals surface area contributed by atoms with Gasteiger partial charge in [-0.1, -0.05) is 12.1 Å². The van der Waals surface area contributed by atoms with Crippen molar-refractivity contribution in [2.75, 3.05) is 11.4 Å². The molecule has 0 bridgehead atoms. The summed E-state index contributed by atoms with van der Waals surface area (Å²) >= 11 is 0. The summed E-state index contributed by atoms with van der Waals surface area (Å²) in [7, 11) is 0. The summed E-state index contributed by atoms with van der Waals surface area (Å²) in [6.45, 7) is 1.48. The van der Waals surface area contributed by atoms with Gasteiger partial charge in [0.15, 0.2) is 5.82 Å². The number of aromatic nitrogens is 3. The number of carbonyl (C=O) groups is 1. The number of amides is 1. The van der Waals surface area contributed by atoms with E-state index in [-0.39, 0.29) is 5.91 Å². The number of imidazole rings is 1. The first-order chi connectivity index (χ1) is 15.2. The van der Waals surface area contributed by atoms with Crippen molar-refractivity contribution in [3.8, 4) is 34.4 Å². The average Bonchev–Trinajstić information content (AvgIpc) is 3.52. The minimum absolute atomic E-state index is 0.196. The Morgan fingerprint density at radius 2 is 1.90 bits per heavy atom. The Morgan fingerprint density at radius 3 is 2.68 bits per heavy atom. The van der Waals surface area contributed by atoms with Crippen molar-refractivity contribution in [1.29, 1.82) is 5.26 Å². The van der Waals surface area contributed by atoms with Crippen molar-refractivity contribution in [3.05, 3.63) is 78.2 Å². The van der Waals surface area contributed by atoms with Crippen molar-refractivity contribution in [1.82, 2.24) is 14.1 Å². The van der Waals surface area contributed by atoms with Crippen LogP contribution in [0.25, 0.3) is 28.3 Å². The Hall–Kier alpha value is -4.11. The summed E-state index contributed by atoms with van der Waals surface area (Å²) < 4.78 is 4.33. The van der Waals surface area contributed by atoms with Crippen LogP contribution in [0.4, 0.5) is 5.69 Å². The van der Waals surface area contributed by atoms with Crippen molar-refractivity contribution in [2.45, 2.75) is 19.4 Å². The molecule has 4 heterocycles. The molecule has 150 valence electrons. The van der Waals surface area contributed by atoms with E-state index in [0.29, 0.717) is 18.5 Å². The van der Waals surface area contributed by atoms with Gasteiger partial charge in [-0.15, -0.1) is 0 Å². The number of hydrogen-bond acceptors (Lipinski definition) is 3. The van der Waals surface area contributed by atoms with E-state index in [1.54, 1.807) is 0 Å². The molecule has 4 aromatic rings. The van der Waals surface area contributed by atoms with Crippen LogP contribution >= 0.6 is 0 Å². The smallest absolute Gasteiger partial charge is 0.227 e. The molecule has 2 aliphatic heterocycles. The molecule has 2 aromatic carbocycles. The van der Waals surface area contributed by atoms with Gasteiger partial charge in [0.1, 0.15) is 0 Å². The van der Waals surface area contributed by atoms with Gasteiger partial charge in [0, 0.05) is 49.4 Å². The molecule has 6 heteroatoms. The average molecular weight is 405 g/mol. The van der Waals surface area contributed by atoms with Crippen LogP contribution in [0.3, 0.4) is 0 Å². The monoisotopic (exact) mass is 405 g/mol. The third kappa shape index (κ3) is 2.78. The summed E-state index contributed by atoms with van der Waals surface area (Å²) in [6, 6.07) is 18.2. The van der Waals surface area contributed by atoms with E-state index >= 15 is 0 Å². The molecule has 0 N–H and O–H groups in total. The second-order valence-electron chi connectivity index (χ2n) is 8.01. The highest BCUT2D eigenvalue weighted by Gasteiger charge is 2.25. The molecule has 1 amide bonds. The maximum absolute atomic E-state index is 12.3. The number of carbonyl (C=O) groups excluding carboxylic acids is 1. The zero-order chi connectivity index (χ0) is 20.9. The first-order valence-electron chi connectivity index (χ1n) is 10.4. The van der Waals surface area contributed by atoms with Crippen molar-refractivity contribution in [3.63, 3.8) is 0 Å². The molecular formula is C25H19N5O. The fourth-order valence-corrected chi connectivity index (χ4v) is 4.62. The maximum atomic E-state index is 12.3. The van der Waals surface area contributed by atoms with E-state index < -0.39 is 0 Å². The molecule has 1 saturated heterocycles. The predicted molar refractivity (Wildman–Crippen MR) is 118 cm³/mol. The molecule has 6 rings (SSSR count). The Labute approximate surface area is 179 Å². The number of rotatable bonds is 2. The van der Waals surface area contributed by atoms with Gasteiger partial charge in [-0.3, -0.25) is 9.36 Å². The molecule has 2 aromatic heterocycles. The van der Waals surface area contributed by atoms with E-state index in [1.165, 1.54) is 0 Å². The Kier molecular flexibility index (Phi) is 3.84. The van der Waals surface area contributed by atoms with Gasteiger partial charge >= 0.3 is 0 Å². The lowest BCUT2D eigenvalue weighted by Gasteiger charge is -2.18. The standard InChI is InChI=1S/C25H19N5O/c26-14-17-3-5-18(6-4-17)19-13-23-25-27-9-11-30(25)22-8-7-21(29-10-1-2-24(29)31)12-20(22)16-28(23)15-19/h3-9,11-13,15H,1-2,10,16H2. The van der Waals surface area contributed by atoms with E-state index in [9.17, 15) is 4.79 Å². The zero-order valence-corrected chi connectivity index (χ0v) is 16.8. The largest absolute Gasteiger partial charge is 0.340 e. The van der Waals surface area contributed by atoms with Gasteiger partial charge in [-0.05, 0) is 53.9 Å². The van der Waals surface area contributed by atoms with Crippen LogP contribution in [0.2, 0.25) is 0 Å². The van der Waals surface area contributed by atoms with Crippen LogP contribution in [0.15, 0.2) is 67.1 Å². The number of benzene rings is 2. The lowest BCUT2D eigenvalue weighted by atomic mass is 10.1. The Morgan fingerprint density at radius 1 is 1.03 bits per heavy atom. The highest BCUT2D eigenvalue weighted by atomic mass is 16.2. The number of anilines is 1. The molecule has 0 radical (unpaired) electrons. The minimum Gasteiger partial charge on any atom is -0.340 e. The Bertz CT molecular complexity index is 1370. The topological polar surface area (TPSA) is 66.8 Å². The number of nitrogens with zero attached hydrogens (tertiary/aromatic N) is 5. The van der Waals surface area contributed by atoms with E-state index in [2.05, 4.69) is 44.6 Å². The first-order valence-corrected chi connectivity index (χ1v) is 10.4. The molecule has 6 nitrogen and oxygen atoms in total. The molecular weight excluding hydrogens is 386 g/mol. The summed E-state index contributed by atoms with van der Waals surface area (Å²) in [5.74, 6) is 1.09. The van der Waals surface area contributed by atoms with Crippen molar-refractivity contribution < 1.29 is 4.79 Å². The second-order valence-corrected chi connectivity index (χ2v) is 8.01. The van der Waals surface area contributed by atoms with Gasteiger partial charge in [0.25, 0.3) is 0 Å². The first kappa shape index (κ1) is 17.7. The Balaban J connectivity index is 1.46. The summed E-state index contributed by atoms with van der Waals surface area (Å²) in [6.07, 6.45) is 7.48. The molecule has 2 aliphatic rings. The van der Waals surface area contributed by atoms with Gasteiger partial charge in [0.2, 0.25) is 5.91 Å². The number of nitriles is 1. The lowest BCUT2D eigenvalue weighted by Crippen LogP contribution is -2.23. The summed E-state index contributed by atoms with van der Waals surface area (Å²) in [5, 5.41) is 9.07. The van der Waals surface area contributed by atoms with Gasteiger partial charge in [-0.2, -0.15) is 5.26 Å². The molecule has 0 unspecified atom stereocenters. The third-order valence-electron chi connectivity index (χ3n) is 6.16. The van der Waals surface area contributed by atoms with Crippen LogP contribution < -0.4 is 4.90 Å². The van der Waals surface area contributed by atoms with E-state index in [0.717, 1.165) is 52.5 Å². The van der Waals surface area contributed by atoms with Crippen LogP contribution in [0.5, 0.6) is 0 Å².